The molecule has 1 heterocycles. The third-order valence-corrected chi connectivity index (χ3v) is 6.39. The minimum Gasteiger partial charge on any atom is -0.497 e. The van der Waals surface area contributed by atoms with Gasteiger partial charge in [0, 0.05) is 12.1 Å². The highest BCUT2D eigenvalue weighted by atomic mass is 32.2. The van der Waals surface area contributed by atoms with Crippen molar-refractivity contribution < 1.29 is 19.2 Å². The van der Waals surface area contributed by atoms with Gasteiger partial charge in [-0.3, -0.25) is 25.1 Å². The van der Waals surface area contributed by atoms with Crippen LogP contribution in [0.15, 0.2) is 83.8 Å². The zero-order valence-electron chi connectivity index (χ0n) is 18.2. The van der Waals surface area contributed by atoms with Gasteiger partial charge in [0.15, 0.2) is 0 Å². The number of carbonyl (C=O) groups excluding carboxylic acids is 2. The smallest absolute Gasteiger partial charge is 0.280 e. The van der Waals surface area contributed by atoms with Gasteiger partial charge >= 0.3 is 0 Å². The number of ether oxygens (including phenoxy) is 1. The Balaban J connectivity index is 1.63. The van der Waals surface area contributed by atoms with E-state index in [9.17, 15) is 19.7 Å². The van der Waals surface area contributed by atoms with E-state index in [0.29, 0.717) is 16.2 Å². The van der Waals surface area contributed by atoms with E-state index in [-0.39, 0.29) is 18.0 Å². The van der Waals surface area contributed by atoms with Gasteiger partial charge in [-0.05, 0) is 34.9 Å². The van der Waals surface area contributed by atoms with Crippen molar-refractivity contribution in [1.29, 1.82) is 0 Å². The minimum atomic E-state index is -0.511. The molecule has 0 unspecified atom stereocenters. The van der Waals surface area contributed by atoms with E-state index in [4.69, 9.17) is 4.74 Å². The molecule has 3 aromatic carbocycles. The molecule has 1 atom stereocenters. The van der Waals surface area contributed by atoms with Gasteiger partial charge < -0.3 is 4.74 Å². The van der Waals surface area contributed by atoms with Crippen LogP contribution in [-0.4, -0.2) is 28.9 Å². The SMILES string of the molecule is COc1ccc([C@@H]2S/C(=C\c3cccc([N+](=O)[O-])c3)C(=O)N2NC(=O)Cc2ccccc2)cc1. The van der Waals surface area contributed by atoms with Crippen molar-refractivity contribution in [1.82, 2.24) is 10.4 Å². The second-order valence-corrected chi connectivity index (χ2v) is 8.60. The molecule has 1 saturated heterocycles. The van der Waals surface area contributed by atoms with Crippen molar-refractivity contribution in [2.75, 3.05) is 7.11 Å². The lowest BCUT2D eigenvalue weighted by atomic mass is 10.1. The van der Waals surface area contributed by atoms with E-state index in [2.05, 4.69) is 5.43 Å². The number of amides is 2. The van der Waals surface area contributed by atoms with Gasteiger partial charge in [-0.2, -0.15) is 0 Å². The third kappa shape index (κ3) is 5.26. The monoisotopic (exact) mass is 475 g/mol. The minimum absolute atomic E-state index is 0.0653. The molecule has 9 heteroatoms. The molecular formula is C25H21N3O5S. The van der Waals surface area contributed by atoms with Crippen LogP contribution in [0.25, 0.3) is 6.08 Å². The Morgan fingerprint density at radius 3 is 2.53 bits per heavy atom. The zero-order valence-corrected chi connectivity index (χ0v) is 19.0. The highest BCUT2D eigenvalue weighted by molar-refractivity contribution is 8.04. The summed E-state index contributed by atoms with van der Waals surface area (Å²) in [7, 11) is 1.57. The number of rotatable bonds is 7. The summed E-state index contributed by atoms with van der Waals surface area (Å²) in [6.07, 6.45) is 1.72. The van der Waals surface area contributed by atoms with E-state index >= 15 is 0 Å². The molecule has 1 N–H and O–H groups in total. The lowest BCUT2D eigenvalue weighted by Crippen LogP contribution is -2.44. The second-order valence-electron chi connectivity index (χ2n) is 7.48. The molecule has 0 radical (unpaired) electrons. The summed E-state index contributed by atoms with van der Waals surface area (Å²) < 4.78 is 5.22. The molecule has 0 aromatic heterocycles. The third-order valence-electron chi connectivity index (χ3n) is 5.14. The van der Waals surface area contributed by atoms with Gasteiger partial charge in [0.1, 0.15) is 11.1 Å². The number of hydrazine groups is 1. The van der Waals surface area contributed by atoms with Gasteiger partial charge in [0.25, 0.3) is 11.6 Å². The average Bonchev–Trinajstić information content (AvgIpc) is 3.14. The van der Waals surface area contributed by atoms with Gasteiger partial charge in [0.05, 0.1) is 23.4 Å². The van der Waals surface area contributed by atoms with Crippen molar-refractivity contribution in [2.24, 2.45) is 0 Å². The summed E-state index contributed by atoms with van der Waals surface area (Å²) in [4.78, 5) is 37.0. The number of nitrogens with zero attached hydrogens (tertiary/aromatic N) is 2. The van der Waals surface area contributed by atoms with Crippen molar-refractivity contribution in [3.05, 3.63) is 111 Å². The molecule has 3 aromatic rings. The van der Waals surface area contributed by atoms with E-state index in [1.54, 1.807) is 37.5 Å². The largest absolute Gasteiger partial charge is 0.497 e. The maximum Gasteiger partial charge on any atom is 0.280 e. The Morgan fingerprint density at radius 2 is 1.85 bits per heavy atom. The Kier molecular flexibility index (Phi) is 6.93. The first-order chi connectivity index (χ1) is 16.4. The topological polar surface area (TPSA) is 102 Å². The van der Waals surface area contributed by atoms with Crippen LogP contribution in [0.4, 0.5) is 5.69 Å². The van der Waals surface area contributed by atoms with Crippen LogP contribution in [0.5, 0.6) is 5.75 Å². The Hall–Kier alpha value is -4.11. The number of carbonyl (C=O) groups is 2. The summed E-state index contributed by atoms with van der Waals surface area (Å²) in [5.74, 6) is -0.0425. The highest BCUT2D eigenvalue weighted by Crippen LogP contribution is 2.45. The fraction of sp³-hybridized carbons (Fsp3) is 0.120. The molecule has 1 aliphatic rings. The van der Waals surface area contributed by atoms with Crippen LogP contribution >= 0.6 is 11.8 Å². The Bertz CT molecular complexity index is 1240. The van der Waals surface area contributed by atoms with Crippen molar-refractivity contribution >= 4 is 35.3 Å². The molecule has 1 fully saturated rings. The number of nitrogens with one attached hydrogen (secondary N) is 1. The van der Waals surface area contributed by atoms with Crippen LogP contribution in [0.3, 0.4) is 0 Å². The average molecular weight is 476 g/mol. The molecule has 0 bridgehead atoms. The van der Waals surface area contributed by atoms with Crippen molar-refractivity contribution in [3.8, 4) is 5.75 Å². The standard InChI is InChI=1S/C25H21N3O5S/c1-33-21-12-10-19(11-13-21)25-27(26-23(29)16-17-6-3-2-4-7-17)24(30)22(34-25)15-18-8-5-9-20(14-18)28(31)32/h2-15,25H,16H2,1H3,(H,26,29)/b22-15-/t25-/m0/s1. The van der Waals surface area contributed by atoms with Gasteiger partial charge in [-0.1, -0.05) is 66.4 Å². The fourth-order valence-corrected chi connectivity index (χ4v) is 4.66. The maximum absolute atomic E-state index is 13.3. The van der Waals surface area contributed by atoms with Crippen LogP contribution in [0.1, 0.15) is 22.1 Å². The summed E-state index contributed by atoms with van der Waals surface area (Å²) in [6, 6.07) is 22.5. The molecule has 0 saturated carbocycles. The predicted molar refractivity (Wildman–Crippen MR) is 130 cm³/mol. The van der Waals surface area contributed by atoms with E-state index < -0.39 is 16.2 Å². The maximum atomic E-state index is 13.3. The summed E-state index contributed by atoms with van der Waals surface area (Å²) in [5, 5.41) is 11.9. The number of benzene rings is 3. The molecule has 0 aliphatic carbocycles. The molecule has 0 spiro atoms. The molecule has 34 heavy (non-hydrogen) atoms. The van der Waals surface area contributed by atoms with Crippen LogP contribution in [0.2, 0.25) is 0 Å². The summed E-state index contributed by atoms with van der Waals surface area (Å²) in [6.45, 7) is 0. The number of non-ortho nitro benzene ring substituents is 1. The summed E-state index contributed by atoms with van der Waals surface area (Å²) in [5.41, 5.74) is 4.82. The van der Waals surface area contributed by atoms with E-state index in [0.717, 1.165) is 11.1 Å². The number of hydrogen-bond donors (Lipinski definition) is 1. The summed E-state index contributed by atoms with van der Waals surface area (Å²) >= 11 is 1.26. The molecular weight excluding hydrogens is 454 g/mol. The Morgan fingerprint density at radius 1 is 1.12 bits per heavy atom. The quantitative estimate of drug-likeness (QED) is 0.307. The lowest BCUT2D eigenvalue weighted by molar-refractivity contribution is -0.384. The number of thioether (sulfide) groups is 1. The fourth-order valence-electron chi connectivity index (χ4n) is 3.47. The van der Waals surface area contributed by atoms with Crippen LogP contribution < -0.4 is 10.2 Å². The molecule has 8 nitrogen and oxygen atoms in total. The van der Waals surface area contributed by atoms with E-state index in [1.807, 2.05) is 42.5 Å². The molecule has 4 rings (SSSR count). The first-order valence-electron chi connectivity index (χ1n) is 10.4. The first kappa shape index (κ1) is 23.1. The normalized spacial score (nSPS) is 16.5. The number of hydrogen-bond acceptors (Lipinski definition) is 6. The Labute approximate surface area is 200 Å². The zero-order chi connectivity index (χ0) is 24.1. The van der Waals surface area contributed by atoms with Crippen LogP contribution in [0, 0.1) is 10.1 Å². The first-order valence-corrected chi connectivity index (χ1v) is 11.3. The molecule has 1 aliphatic heterocycles. The van der Waals surface area contributed by atoms with Crippen LogP contribution in [-0.2, 0) is 16.0 Å². The van der Waals surface area contributed by atoms with Gasteiger partial charge in [-0.25, -0.2) is 5.01 Å². The van der Waals surface area contributed by atoms with Crippen molar-refractivity contribution in [2.45, 2.75) is 11.8 Å². The molecule has 172 valence electrons. The predicted octanol–water partition coefficient (Wildman–Crippen LogP) is 4.49. The lowest BCUT2D eigenvalue weighted by Gasteiger charge is -2.24. The number of nitro benzene ring substituents is 1. The highest BCUT2D eigenvalue weighted by Gasteiger charge is 2.38. The molecule has 2 amide bonds. The van der Waals surface area contributed by atoms with Crippen molar-refractivity contribution in [3.63, 3.8) is 0 Å². The number of nitro groups is 1. The van der Waals surface area contributed by atoms with E-state index in [1.165, 1.54) is 28.9 Å². The number of methoxy groups -OCH3 is 1. The second kappa shape index (κ2) is 10.2. The van der Waals surface area contributed by atoms with Gasteiger partial charge in [0.2, 0.25) is 5.91 Å². The van der Waals surface area contributed by atoms with Gasteiger partial charge in [-0.15, -0.1) is 0 Å².